The Labute approximate surface area is 148 Å². The average molecular weight is 364 g/mol. The quantitative estimate of drug-likeness (QED) is 0.799. The topological polar surface area (TPSA) is 71.6 Å². The summed E-state index contributed by atoms with van der Waals surface area (Å²) in [5.74, 6) is 3.22. The highest BCUT2D eigenvalue weighted by molar-refractivity contribution is 7.91. The summed E-state index contributed by atoms with van der Waals surface area (Å²) in [5, 5.41) is 0. The number of fused-ring (bicyclic) bond motifs is 1. The molecule has 2 aliphatic heterocycles. The van der Waals surface area contributed by atoms with E-state index in [1.165, 1.54) is 0 Å². The molecule has 8 heteroatoms. The molecule has 4 rings (SSSR count). The molecule has 0 unspecified atom stereocenters. The van der Waals surface area contributed by atoms with Crippen LogP contribution in [0.4, 0.5) is 0 Å². The van der Waals surface area contributed by atoms with Crippen molar-refractivity contribution < 1.29 is 12.8 Å². The van der Waals surface area contributed by atoms with Crippen molar-refractivity contribution in [2.24, 2.45) is 7.05 Å². The zero-order valence-corrected chi connectivity index (χ0v) is 15.4. The Kier molecular flexibility index (Phi) is 4.21. The molecule has 0 bridgehead atoms. The van der Waals surface area contributed by atoms with E-state index in [9.17, 15) is 8.42 Å². The molecule has 0 aliphatic carbocycles. The number of rotatable bonds is 4. The van der Waals surface area contributed by atoms with Gasteiger partial charge >= 0.3 is 0 Å². The van der Waals surface area contributed by atoms with Crippen molar-refractivity contribution in [2.75, 3.05) is 24.6 Å². The molecule has 0 radical (unpaired) electrons. The molecule has 0 spiro atoms. The largest absolute Gasteiger partial charge is 0.465 e. The van der Waals surface area contributed by atoms with E-state index >= 15 is 0 Å². The van der Waals surface area contributed by atoms with Gasteiger partial charge in [-0.15, -0.1) is 0 Å². The zero-order chi connectivity index (χ0) is 17.6. The third-order valence-corrected chi connectivity index (χ3v) is 7.03. The van der Waals surface area contributed by atoms with E-state index in [0.717, 1.165) is 30.4 Å². The van der Waals surface area contributed by atoms with Crippen LogP contribution in [0.25, 0.3) is 0 Å². The van der Waals surface area contributed by atoms with Gasteiger partial charge in [-0.05, 0) is 19.1 Å². The summed E-state index contributed by atoms with van der Waals surface area (Å²) in [6.45, 7) is 4.95. The maximum absolute atomic E-state index is 12.3. The van der Waals surface area contributed by atoms with E-state index in [4.69, 9.17) is 4.42 Å². The second-order valence-electron chi connectivity index (χ2n) is 7.12. The first-order chi connectivity index (χ1) is 11.9. The average Bonchev–Trinajstić information content (AvgIpc) is 3.21. The highest BCUT2D eigenvalue weighted by Gasteiger charge is 2.46. The molecule has 0 saturated carbocycles. The van der Waals surface area contributed by atoms with Crippen molar-refractivity contribution in [1.29, 1.82) is 0 Å². The second-order valence-corrected chi connectivity index (χ2v) is 9.27. The summed E-state index contributed by atoms with van der Waals surface area (Å²) in [6.07, 6.45) is 3.71. The molecule has 0 amide bonds. The minimum absolute atomic E-state index is 0.0180. The summed E-state index contributed by atoms with van der Waals surface area (Å²) in [5.41, 5.74) is 0. The van der Waals surface area contributed by atoms with Gasteiger partial charge in [0.15, 0.2) is 9.84 Å². The zero-order valence-electron chi connectivity index (χ0n) is 14.6. The number of sulfone groups is 1. The highest BCUT2D eigenvalue weighted by Crippen LogP contribution is 2.29. The minimum Gasteiger partial charge on any atom is -0.465 e. The first-order valence-electron chi connectivity index (χ1n) is 8.61. The normalized spacial score (nSPS) is 26.8. The molecule has 2 saturated heterocycles. The van der Waals surface area contributed by atoms with Crippen LogP contribution in [0.1, 0.15) is 17.3 Å². The van der Waals surface area contributed by atoms with Crippen molar-refractivity contribution in [2.45, 2.75) is 32.1 Å². The lowest BCUT2D eigenvalue weighted by Crippen LogP contribution is -2.58. The van der Waals surface area contributed by atoms with Crippen LogP contribution in [0.5, 0.6) is 0 Å². The maximum atomic E-state index is 12.3. The SMILES string of the molecule is Cc1ccc(CN2CCN(Cc3nccn3C)[C@H]3CS(=O)(=O)C[C@H]32)o1. The van der Waals surface area contributed by atoms with Gasteiger partial charge in [0.25, 0.3) is 0 Å². The molecule has 2 aromatic rings. The molecule has 25 heavy (non-hydrogen) atoms. The van der Waals surface area contributed by atoms with Crippen LogP contribution >= 0.6 is 0 Å². The fourth-order valence-electron chi connectivity index (χ4n) is 3.99. The number of imidazole rings is 1. The van der Waals surface area contributed by atoms with E-state index in [0.29, 0.717) is 13.1 Å². The van der Waals surface area contributed by atoms with Crippen molar-refractivity contribution in [1.82, 2.24) is 19.4 Å². The fourth-order valence-corrected chi connectivity index (χ4v) is 6.03. The predicted molar refractivity (Wildman–Crippen MR) is 93.7 cm³/mol. The Bertz CT molecular complexity index is 857. The Morgan fingerprint density at radius 3 is 2.40 bits per heavy atom. The van der Waals surface area contributed by atoms with Gasteiger partial charge in [-0.3, -0.25) is 9.80 Å². The molecule has 2 aliphatic rings. The van der Waals surface area contributed by atoms with E-state index < -0.39 is 9.84 Å². The standard InChI is InChI=1S/C17H24N4O3S/c1-13-3-4-14(24-13)9-20-7-8-21(10-17-18-5-6-19(17)2)16-12-25(22,23)11-15(16)20/h3-6,15-16H,7-12H2,1-2H3/t15-,16+/m1/s1. The van der Waals surface area contributed by atoms with Crippen LogP contribution in [0.15, 0.2) is 28.9 Å². The Hall–Kier alpha value is -1.64. The molecular weight excluding hydrogens is 340 g/mol. The molecule has 2 fully saturated rings. The van der Waals surface area contributed by atoms with Crippen molar-refractivity contribution in [3.05, 3.63) is 41.9 Å². The number of hydrogen-bond acceptors (Lipinski definition) is 6. The molecule has 4 heterocycles. The minimum atomic E-state index is -3.01. The summed E-state index contributed by atoms with van der Waals surface area (Å²) >= 11 is 0. The smallest absolute Gasteiger partial charge is 0.153 e. The van der Waals surface area contributed by atoms with E-state index in [-0.39, 0.29) is 23.6 Å². The fraction of sp³-hybridized carbons (Fsp3) is 0.588. The van der Waals surface area contributed by atoms with Crippen LogP contribution in [-0.4, -0.2) is 64.4 Å². The third-order valence-electron chi connectivity index (χ3n) is 5.33. The second kappa shape index (κ2) is 6.26. The molecule has 2 atom stereocenters. The molecule has 0 N–H and O–H groups in total. The summed E-state index contributed by atoms with van der Waals surface area (Å²) < 4.78 is 32.3. The lowest BCUT2D eigenvalue weighted by atomic mass is 10.0. The molecule has 2 aromatic heterocycles. The lowest BCUT2D eigenvalue weighted by molar-refractivity contribution is 0.0297. The molecule has 7 nitrogen and oxygen atoms in total. The Morgan fingerprint density at radius 2 is 1.84 bits per heavy atom. The number of hydrogen-bond donors (Lipinski definition) is 0. The van der Waals surface area contributed by atoms with Crippen molar-refractivity contribution in [3.8, 4) is 0 Å². The number of piperazine rings is 1. The van der Waals surface area contributed by atoms with Gasteiger partial charge in [-0.1, -0.05) is 0 Å². The van der Waals surface area contributed by atoms with E-state index in [2.05, 4.69) is 14.8 Å². The Balaban J connectivity index is 1.54. The van der Waals surface area contributed by atoms with E-state index in [1.807, 2.05) is 36.9 Å². The first-order valence-corrected chi connectivity index (χ1v) is 10.4. The number of aromatic nitrogens is 2. The maximum Gasteiger partial charge on any atom is 0.153 e. The van der Waals surface area contributed by atoms with Crippen molar-refractivity contribution >= 4 is 9.84 Å². The summed E-state index contributed by atoms with van der Waals surface area (Å²) in [7, 11) is -1.04. The summed E-state index contributed by atoms with van der Waals surface area (Å²) in [6, 6.07) is 3.97. The van der Waals surface area contributed by atoms with Crippen LogP contribution < -0.4 is 0 Å². The molecular formula is C17H24N4O3S. The van der Waals surface area contributed by atoms with Gasteiger partial charge in [0, 0.05) is 44.6 Å². The number of nitrogens with zero attached hydrogens (tertiary/aromatic N) is 4. The van der Waals surface area contributed by atoms with Crippen LogP contribution in [-0.2, 0) is 30.0 Å². The van der Waals surface area contributed by atoms with Crippen molar-refractivity contribution in [3.63, 3.8) is 0 Å². The van der Waals surface area contributed by atoms with Crippen LogP contribution in [0.2, 0.25) is 0 Å². The predicted octanol–water partition coefficient (Wildman–Crippen LogP) is 0.805. The Morgan fingerprint density at radius 1 is 1.16 bits per heavy atom. The van der Waals surface area contributed by atoms with Crippen LogP contribution in [0, 0.1) is 6.92 Å². The number of furan rings is 1. The van der Waals surface area contributed by atoms with Gasteiger partial charge < -0.3 is 8.98 Å². The number of aryl methyl sites for hydroxylation is 2. The molecule has 0 aromatic carbocycles. The summed E-state index contributed by atoms with van der Waals surface area (Å²) in [4.78, 5) is 8.94. The van der Waals surface area contributed by atoms with Gasteiger partial charge in [0.1, 0.15) is 17.3 Å². The lowest BCUT2D eigenvalue weighted by Gasteiger charge is -2.43. The first kappa shape index (κ1) is 16.8. The third kappa shape index (κ3) is 3.38. The van der Waals surface area contributed by atoms with Gasteiger partial charge in [0.2, 0.25) is 0 Å². The highest BCUT2D eigenvalue weighted by atomic mass is 32.2. The van der Waals surface area contributed by atoms with E-state index in [1.54, 1.807) is 6.20 Å². The van der Waals surface area contributed by atoms with Gasteiger partial charge in [0.05, 0.1) is 24.6 Å². The van der Waals surface area contributed by atoms with Gasteiger partial charge in [-0.25, -0.2) is 13.4 Å². The van der Waals surface area contributed by atoms with Gasteiger partial charge in [-0.2, -0.15) is 0 Å². The monoisotopic (exact) mass is 364 g/mol. The van der Waals surface area contributed by atoms with Crippen LogP contribution in [0.3, 0.4) is 0 Å². The molecule has 136 valence electrons.